The van der Waals surface area contributed by atoms with Crippen LogP contribution in [0.5, 0.6) is 0 Å². The minimum Gasteiger partial charge on any atom is -0.466 e. The van der Waals surface area contributed by atoms with Gasteiger partial charge in [-0.05, 0) is 58.4 Å². The summed E-state index contributed by atoms with van der Waals surface area (Å²) in [5, 5.41) is 9.45. The third kappa shape index (κ3) is 4.33. The molecule has 3 aliphatic rings. The Bertz CT molecular complexity index is 1030. The number of nitrogens with zero attached hydrogens (tertiary/aromatic N) is 3. The first kappa shape index (κ1) is 22.2. The van der Waals surface area contributed by atoms with Gasteiger partial charge in [0.25, 0.3) is 0 Å². The maximum absolute atomic E-state index is 12.2. The highest BCUT2D eigenvalue weighted by atomic mass is 16.7. The number of carbonyl (C=O) groups excluding carboxylic acids is 1. The largest absolute Gasteiger partial charge is 0.466 e. The average molecular weight is 454 g/mol. The van der Waals surface area contributed by atoms with Crippen LogP contribution >= 0.6 is 0 Å². The van der Waals surface area contributed by atoms with E-state index in [0.717, 1.165) is 60.2 Å². The van der Waals surface area contributed by atoms with Crippen LogP contribution in [-0.4, -0.2) is 39.0 Å². The molecule has 2 aromatic rings. The van der Waals surface area contributed by atoms with Gasteiger partial charge >= 0.3 is 5.97 Å². The molecule has 2 aliphatic carbocycles. The van der Waals surface area contributed by atoms with Crippen LogP contribution in [0.3, 0.4) is 0 Å². The van der Waals surface area contributed by atoms with Crippen LogP contribution in [-0.2, 0) is 20.9 Å². The summed E-state index contributed by atoms with van der Waals surface area (Å²) in [5.74, 6) is -0.109. The number of nitrogens with one attached hydrogen (secondary N) is 2. The Morgan fingerprint density at radius 3 is 2.73 bits per heavy atom. The van der Waals surface area contributed by atoms with E-state index < -0.39 is 0 Å². The van der Waals surface area contributed by atoms with Crippen molar-refractivity contribution >= 4 is 28.4 Å². The van der Waals surface area contributed by atoms with Gasteiger partial charge in [0, 0.05) is 24.3 Å². The molecule has 0 unspecified atom stereocenters. The Morgan fingerprint density at radius 1 is 1.21 bits per heavy atom. The van der Waals surface area contributed by atoms with Crippen molar-refractivity contribution in [2.75, 3.05) is 11.9 Å². The second-order valence-electron chi connectivity index (χ2n) is 9.58. The summed E-state index contributed by atoms with van der Waals surface area (Å²) >= 11 is 0. The molecule has 8 heteroatoms. The molecule has 3 heterocycles. The summed E-state index contributed by atoms with van der Waals surface area (Å²) in [6.07, 6.45) is 15.4. The van der Waals surface area contributed by atoms with Crippen LogP contribution in [0.1, 0.15) is 77.2 Å². The number of hydrogen-bond donors (Lipinski definition) is 2. The fraction of sp³-hybridized carbons (Fsp3) is 0.640. The number of ether oxygens (including phenoxy) is 1. The summed E-state index contributed by atoms with van der Waals surface area (Å²) < 4.78 is 7.17. The van der Waals surface area contributed by atoms with E-state index in [9.17, 15) is 4.79 Å². The molecule has 5 rings (SSSR count). The molecule has 0 atom stereocenters. The fourth-order valence-electron chi connectivity index (χ4n) is 5.53. The Kier molecular flexibility index (Phi) is 6.27. The molecule has 0 bridgehead atoms. The molecule has 0 aromatic carbocycles. The van der Waals surface area contributed by atoms with Gasteiger partial charge in [-0.25, -0.2) is 9.67 Å². The van der Waals surface area contributed by atoms with Crippen molar-refractivity contribution in [1.82, 2.24) is 20.2 Å². The topological polar surface area (TPSA) is 90.3 Å². The van der Waals surface area contributed by atoms with E-state index in [2.05, 4.69) is 28.9 Å². The fourth-order valence-corrected chi connectivity index (χ4v) is 5.53. The Labute approximate surface area is 195 Å². The molecule has 8 nitrogen and oxygen atoms in total. The quantitative estimate of drug-likeness (QED) is 0.620. The molecular formula is C25H35N5O3. The number of aryl methyl sites for hydroxylation is 1. The van der Waals surface area contributed by atoms with Gasteiger partial charge in [-0.3, -0.25) is 15.1 Å². The maximum Gasteiger partial charge on any atom is 0.308 e. The lowest BCUT2D eigenvalue weighted by Gasteiger charge is -2.33. The number of hydroxylamine groups is 1. The summed E-state index contributed by atoms with van der Waals surface area (Å²) in [7, 11) is 0. The monoisotopic (exact) mass is 453 g/mol. The highest BCUT2D eigenvalue weighted by molar-refractivity contribution is 5.95. The zero-order chi connectivity index (χ0) is 22.8. The number of pyridine rings is 1. The lowest BCUT2D eigenvalue weighted by molar-refractivity contribution is -0.151. The van der Waals surface area contributed by atoms with Crippen LogP contribution in [0.15, 0.2) is 18.5 Å². The molecule has 2 N–H and O–H groups in total. The average Bonchev–Trinajstić information content (AvgIpc) is 3.45. The van der Waals surface area contributed by atoms with Crippen LogP contribution in [0, 0.1) is 5.92 Å². The van der Waals surface area contributed by atoms with Crippen molar-refractivity contribution < 1.29 is 14.4 Å². The molecule has 1 spiro atoms. The minimum atomic E-state index is -0.386. The molecule has 2 fully saturated rings. The maximum atomic E-state index is 12.2. The van der Waals surface area contributed by atoms with Crippen LogP contribution in [0.25, 0.3) is 16.7 Å². The van der Waals surface area contributed by atoms with Gasteiger partial charge in [-0.2, -0.15) is 5.10 Å². The van der Waals surface area contributed by atoms with E-state index in [4.69, 9.17) is 14.6 Å². The van der Waals surface area contributed by atoms with Gasteiger partial charge in [0.15, 0.2) is 5.65 Å². The van der Waals surface area contributed by atoms with Crippen LogP contribution < -0.4 is 10.8 Å². The van der Waals surface area contributed by atoms with E-state index in [1.807, 2.05) is 24.0 Å². The summed E-state index contributed by atoms with van der Waals surface area (Å²) in [6, 6.07) is 0.463. The number of rotatable bonds is 6. The third-order valence-electron chi connectivity index (χ3n) is 7.43. The van der Waals surface area contributed by atoms with Gasteiger partial charge in [0.2, 0.25) is 0 Å². The second-order valence-corrected chi connectivity index (χ2v) is 9.58. The number of carbonyl (C=O) groups is 1. The number of esters is 1. The van der Waals surface area contributed by atoms with Gasteiger partial charge in [-0.15, -0.1) is 0 Å². The van der Waals surface area contributed by atoms with E-state index in [0.29, 0.717) is 12.6 Å². The smallest absolute Gasteiger partial charge is 0.308 e. The normalized spacial score (nSPS) is 25.8. The molecule has 0 radical (unpaired) electrons. The van der Waals surface area contributed by atoms with Crippen molar-refractivity contribution in [3.63, 3.8) is 0 Å². The Hall–Kier alpha value is -2.61. The van der Waals surface area contributed by atoms with E-state index in [1.54, 1.807) is 0 Å². The molecule has 33 heavy (non-hydrogen) atoms. The molecule has 178 valence electrons. The van der Waals surface area contributed by atoms with Crippen molar-refractivity contribution in [3.05, 3.63) is 24.0 Å². The molecule has 0 amide bonds. The highest BCUT2D eigenvalue weighted by Crippen LogP contribution is 2.42. The lowest BCUT2D eigenvalue weighted by Crippen LogP contribution is -2.37. The zero-order valence-corrected chi connectivity index (χ0v) is 19.7. The van der Waals surface area contributed by atoms with Crippen LogP contribution in [0.4, 0.5) is 5.69 Å². The number of anilines is 1. The Balaban J connectivity index is 1.43. The number of aromatic nitrogens is 3. The lowest BCUT2D eigenvalue weighted by atomic mass is 9.78. The van der Waals surface area contributed by atoms with Gasteiger partial charge in [0.1, 0.15) is 5.60 Å². The highest BCUT2D eigenvalue weighted by Gasteiger charge is 2.42. The summed E-state index contributed by atoms with van der Waals surface area (Å²) in [5.41, 5.74) is 6.78. The van der Waals surface area contributed by atoms with E-state index >= 15 is 0 Å². The second kappa shape index (κ2) is 9.33. The van der Waals surface area contributed by atoms with Crippen molar-refractivity contribution in [2.24, 2.45) is 5.92 Å². The molecule has 2 saturated carbocycles. The van der Waals surface area contributed by atoms with Crippen molar-refractivity contribution in [2.45, 2.75) is 89.8 Å². The van der Waals surface area contributed by atoms with Gasteiger partial charge in [-0.1, -0.05) is 19.3 Å². The van der Waals surface area contributed by atoms with Crippen LogP contribution in [0.2, 0.25) is 0 Å². The van der Waals surface area contributed by atoms with Gasteiger partial charge < -0.3 is 10.1 Å². The number of fused-ring (bicyclic) bond motifs is 1. The summed E-state index contributed by atoms with van der Waals surface area (Å²) in [6.45, 7) is 5.16. The van der Waals surface area contributed by atoms with E-state index in [-0.39, 0.29) is 17.5 Å². The van der Waals surface area contributed by atoms with Gasteiger partial charge in [0.05, 0.1) is 35.5 Å². The number of hydrogen-bond acceptors (Lipinski definition) is 7. The zero-order valence-electron chi connectivity index (χ0n) is 19.7. The predicted octanol–water partition coefficient (Wildman–Crippen LogP) is 4.56. The van der Waals surface area contributed by atoms with E-state index in [1.165, 1.54) is 32.1 Å². The molecule has 2 aromatic heterocycles. The summed E-state index contributed by atoms with van der Waals surface area (Å²) in [4.78, 5) is 23.1. The standard InChI is InChI=1S/C25H35N5O3/c1-3-30-23-20(16-27-30)22(28-18-8-6-5-7-9-18)19(15-26-23)21-14-25(33-29-21)12-10-17(11-13-25)24(31)32-4-2/h14-18,29H,3-13H2,1-2H3,(H,26,28). The molecular weight excluding hydrogens is 418 g/mol. The van der Waals surface area contributed by atoms with Crippen molar-refractivity contribution in [1.29, 1.82) is 0 Å². The SMILES string of the molecule is CCOC(=O)C1CCC2(C=C(c3cnc4c(cnn4CC)c3NC3CCCCC3)NO2)CC1. The third-order valence-corrected chi connectivity index (χ3v) is 7.43. The Morgan fingerprint density at radius 2 is 2.00 bits per heavy atom. The van der Waals surface area contributed by atoms with Crippen molar-refractivity contribution in [3.8, 4) is 0 Å². The first-order valence-electron chi connectivity index (χ1n) is 12.6. The molecule has 0 saturated heterocycles. The predicted molar refractivity (Wildman–Crippen MR) is 127 cm³/mol. The molecule has 1 aliphatic heterocycles. The minimum absolute atomic E-state index is 0.0296. The first-order chi connectivity index (χ1) is 16.1. The first-order valence-corrected chi connectivity index (χ1v) is 12.6.